The van der Waals surface area contributed by atoms with E-state index in [4.69, 9.17) is 5.84 Å². The topological polar surface area (TPSA) is 78.7 Å². The molecule has 0 aliphatic carbocycles. The van der Waals surface area contributed by atoms with Crippen LogP contribution in [0.1, 0.15) is 19.8 Å². The van der Waals surface area contributed by atoms with E-state index in [2.05, 4.69) is 17.2 Å². The number of nitrogens with zero attached hydrogens (tertiary/aromatic N) is 2. The maximum absolute atomic E-state index is 12.7. The van der Waals surface area contributed by atoms with Crippen LogP contribution >= 0.6 is 0 Å². The monoisotopic (exact) mass is 312 g/mol. The molecule has 0 saturated carbocycles. The lowest BCUT2D eigenvalue weighted by Crippen LogP contribution is -2.41. The lowest BCUT2D eigenvalue weighted by atomic mass is 10.2. The first-order valence-corrected chi connectivity index (χ1v) is 8.70. The molecule has 0 amide bonds. The zero-order chi connectivity index (χ0) is 15.5. The average molecular weight is 312 g/mol. The van der Waals surface area contributed by atoms with Gasteiger partial charge in [-0.1, -0.05) is 19.1 Å². The Morgan fingerprint density at radius 2 is 2.14 bits per heavy atom. The summed E-state index contributed by atoms with van der Waals surface area (Å²) in [5.74, 6) is 5.41. The molecular formula is C14H24N4O2S. The molecule has 3 N–H and O–H groups in total. The number of benzene rings is 1. The summed E-state index contributed by atoms with van der Waals surface area (Å²) in [5, 5.41) is 0. The highest BCUT2D eigenvalue weighted by Crippen LogP contribution is 2.25. The van der Waals surface area contributed by atoms with Crippen molar-refractivity contribution in [2.75, 3.05) is 32.1 Å². The van der Waals surface area contributed by atoms with Gasteiger partial charge in [-0.2, -0.15) is 4.31 Å². The number of sulfonamides is 1. The molecule has 1 aromatic carbocycles. The van der Waals surface area contributed by atoms with Crippen LogP contribution < -0.4 is 11.3 Å². The number of rotatable bonds is 6. The van der Waals surface area contributed by atoms with Gasteiger partial charge in [0.1, 0.15) is 4.90 Å². The van der Waals surface area contributed by atoms with Crippen molar-refractivity contribution in [3.8, 4) is 0 Å². The molecule has 0 radical (unpaired) electrons. The number of hydrazine groups is 1. The van der Waals surface area contributed by atoms with Gasteiger partial charge in [-0.25, -0.2) is 8.42 Å². The lowest BCUT2D eigenvalue weighted by molar-refractivity contribution is 0.238. The van der Waals surface area contributed by atoms with Crippen LogP contribution in [0.4, 0.5) is 5.69 Å². The van der Waals surface area contributed by atoms with Gasteiger partial charge in [-0.05, 0) is 38.1 Å². The third-order valence-electron chi connectivity index (χ3n) is 4.10. The van der Waals surface area contributed by atoms with E-state index in [1.165, 1.54) is 4.31 Å². The van der Waals surface area contributed by atoms with Crippen LogP contribution in [-0.4, -0.2) is 50.3 Å². The molecule has 1 unspecified atom stereocenters. The molecule has 1 fully saturated rings. The second-order valence-corrected chi connectivity index (χ2v) is 7.36. The van der Waals surface area contributed by atoms with Gasteiger partial charge in [0.05, 0.1) is 5.69 Å². The first-order valence-electron chi connectivity index (χ1n) is 7.26. The van der Waals surface area contributed by atoms with E-state index < -0.39 is 10.0 Å². The largest absolute Gasteiger partial charge is 0.323 e. The van der Waals surface area contributed by atoms with Gasteiger partial charge in [-0.3, -0.25) is 10.7 Å². The molecule has 7 heteroatoms. The summed E-state index contributed by atoms with van der Waals surface area (Å²) in [6, 6.07) is 6.99. The van der Waals surface area contributed by atoms with Crippen LogP contribution in [-0.2, 0) is 10.0 Å². The van der Waals surface area contributed by atoms with Crippen LogP contribution in [0.25, 0.3) is 0 Å². The highest BCUT2D eigenvalue weighted by atomic mass is 32.2. The van der Waals surface area contributed by atoms with Gasteiger partial charge >= 0.3 is 0 Å². The minimum Gasteiger partial charge on any atom is -0.323 e. The fourth-order valence-corrected chi connectivity index (χ4v) is 4.25. The number of nitrogen functional groups attached to an aromatic ring is 1. The van der Waals surface area contributed by atoms with Crippen molar-refractivity contribution >= 4 is 15.7 Å². The molecule has 1 heterocycles. The van der Waals surface area contributed by atoms with E-state index >= 15 is 0 Å². The van der Waals surface area contributed by atoms with Gasteiger partial charge < -0.3 is 5.43 Å². The Labute approximate surface area is 126 Å². The standard InChI is InChI=1S/C14H24N4O2S/c1-3-18-10-6-7-12(18)11-17(2)21(19,20)14-9-5-4-8-13(14)16-15/h4-5,8-9,12,16H,3,6-7,10-11,15H2,1-2H3. The Morgan fingerprint density at radius 1 is 1.43 bits per heavy atom. The van der Waals surface area contributed by atoms with E-state index in [1.807, 2.05) is 0 Å². The molecule has 1 atom stereocenters. The molecule has 0 aromatic heterocycles. The van der Waals surface area contributed by atoms with Crippen molar-refractivity contribution in [3.05, 3.63) is 24.3 Å². The number of para-hydroxylation sites is 1. The van der Waals surface area contributed by atoms with Crippen molar-refractivity contribution < 1.29 is 8.42 Å². The Hall–Kier alpha value is -1.15. The summed E-state index contributed by atoms with van der Waals surface area (Å²) in [5.41, 5.74) is 2.87. The Kier molecular flexibility index (Phi) is 5.21. The number of anilines is 1. The Balaban J connectivity index is 2.19. The number of nitrogens with one attached hydrogen (secondary N) is 1. The number of likely N-dealkylation sites (N-methyl/N-ethyl adjacent to an activating group) is 2. The van der Waals surface area contributed by atoms with Crippen molar-refractivity contribution in [3.63, 3.8) is 0 Å². The van der Waals surface area contributed by atoms with E-state index in [-0.39, 0.29) is 4.90 Å². The average Bonchev–Trinajstić information content (AvgIpc) is 2.94. The minimum atomic E-state index is -3.54. The second-order valence-electron chi connectivity index (χ2n) is 5.35. The van der Waals surface area contributed by atoms with Crippen molar-refractivity contribution in [2.24, 2.45) is 5.84 Å². The third kappa shape index (κ3) is 3.37. The van der Waals surface area contributed by atoms with Crippen molar-refractivity contribution in [2.45, 2.75) is 30.7 Å². The molecule has 2 rings (SSSR count). The maximum Gasteiger partial charge on any atom is 0.244 e. The molecule has 118 valence electrons. The van der Waals surface area contributed by atoms with Gasteiger partial charge in [-0.15, -0.1) is 0 Å². The number of hydrogen-bond acceptors (Lipinski definition) is 5. The molecular weight excluding hydrogens is 288 g/mol. The summed E-state index contributed by atoms with van der Waals surface area (Å²) < 4.78 is 26.8. The minimum absolute atomic E-state index is 0.219. The summed E-state index contributed by atoms with van der Waals surface area (Å²) in [6.07, 6.45) is 2.18. The molecule has 0 spiro atoms. The SMILES string of the molecule is CCN1CCCC1CN(C)S(=O)(=O)c1ccccc1NN. The molecule has 21 heavy (non-hydrogen) atoms. The molecule has 0 bridgehead atoms. The summed E-state index contributed by atoms with van der Waals surface area (Å²) in [7, 11) is -1.90. The number of hydrogen-bond donors (Lipinski definition) is 2. The van der Waals surface area contributed by atoms with Crippen LogP contribution in [0.2, 0.25) is 0 Å². The van der Waals surface area contributed by atoms with Crippen LogP contribution in [0.3, 0.4) is 0 Å². The van der Waals surface area contributed by atoms with Gasteiger partial charge in [0.25, 0.3) is 0 Å². The van der Waals surface area contributed by atoms with Crippen molar-refractivity contribution in [1.29, 1.82) is 0 Å². The summed E-state index contributed by atoms with van der Waals surface area (Å²) in [6.45, 7) is 4.63. The number of nitrogens with two attached hydrogens (primary N) is 1. The second kappa shape index (κ2) is 6.74. The van der Waals surface area contributed by atoms with Crippen LogP contribution in [0.5, 0.6) is 0 Å². The molecule has 1 aliphatic heterocycles. The van der Waals surface area contributed by atoms with Crippen LogP contribution in [0, 0.1) is 0 Å². The fourth-order valence-electron chi connectivity index (χ4n) is 2.89. The fraction of sp³-hybridized carbons (Fsp3) is 0.571. The van der Waals surface area contributed by atoms with E-state index in [1.54, 1.807) is 31.3 Å². The van der Waals surface area contributed by atoms with E-state index in [0.717, 1.165) is 25.9 Å². The predicted molar refractivity (Wildman–Crippen MR) is 84.3 cm³/mol. The van der Waals surface area contributed by atoms with E-state index in [9.17, 15) is 8.42 Å². The molecule has 1 aromatic rings. The zero-order valence-corrected chi connectivity index (χ0v) is 13.4. The molecule has 6 nitrogen and oxygen atoms in total. The van der Waals surface area contributed by atoms with Gasteiger partial charge in [0.2, 0.25) is 10.0 Å². The predicted octanol–water partition coefficient (Wildman–Crippen LogP) is 1.08. The molecule has 1 saturated heterocycles. The van der Waals surface area contributed by atoms with Crippen LogP contribution in [0.15, 0.2) is 29.2 Å². The summed E-state index contributed by atoms with van der Waals surface area (Å²) in [4.78, 5) is 2.55. The molecule has 1 aliphatic rings. The smallest absolute Gasteiger partial charge is 0.244 e. The van der Waals surface area contributed by atoms with Gasteiger partial charge in [0.15, 0.2) is 0 Å². The van der Waals surface area contributed by atoms with Gasteiger partial charge in [0, 0.05) is 19.6 Å². The zero-order valence-electron chi connectivity index (χ0n) is 12.6. The first-order chi connectivity index (χ1) is 10.0. The van der Waals surface area contributed by atoms with Crippen molar-refractivity contribution in [1.82, 2.24) is 9.21 Å². The Morgan fingerprint density at radius 3 is 2.81 bits per heavy atom. The number of likely N-dealkylation sites (tertiary alicyclic amines) is 1. The normalized spacial score (nSPS) is 20.1. The highest BCUT2D eigenvalue weighted by Gasteiger charge is 2.30. The Bertz CT molecular complexity index is 576. The summed E-state index contributed by atoms with van der Waals surface area (Å²) >= 11 is 0. The maximum atomic E-state index is 12.7. The quantitative estimate of drug-likeness (QED) is 0.607. The highest BCUT2D eigenvalue weighted by molar-refractivity contribution is 7.89. The lowest BCUT2D eigenvalue weighted by Gasteiger charge is -2.27. The third-order valence-corrected chi connectivity index (χ3v) is 5.99. The van der Waals surface area contributed by atoms with E-state index in [0.29, 0.717) is 18.3 Å². The first kappa shape index (κ1) is 16.2.